The smallest absolute Gasteiger partial charge is 0.180 e. The highest BCUT2D eigenvalue weighted by Gasteiger charge is 2.23. The predicted octanol–water partition coefficient (Wildman–Crippen LogP) is 2.07. The first kappa shape index (κ1) is 10.7. The summed E-state index contributed by atoms with van der Waals surface area (Å²) in [6.45, 7) is 0.521. The molecule has 6 heteroatoms. The minimum atomic E-state index is -3.33. The van der Waals surface area contributed by atoms with Gasteiger partial charge in [0.15, 0.2) is 9.84 Å². The summed E-state index contributed by atoms with van der Waals surface area (Å²) in [5, 5.41) is 2.71. The number of sulfone groups is 1. The second kappa shape index (κ2) is 3.64. The van der Waals surface area contributed by atoms with E-state index in [-0.39, 0.29) is 15.7 Å². The van der Waals surface area contributed by atoms with Crippen molar-refractivity contribution in [1.82, 2.24) is 0 Å². The lowest BCUT2D eigenvalue weighted by Gasteiger charge is -2.07. The summed E-state index contributed by atoms with van der Waals surface area (Å²) < 4.78 is 36.6. The van der Waals surface area contributed by atoms with Gasteiger partial charge in [-0.05, 0) is 18.6 Å². The van der Waals surface area contributed by atoms with Crippen LogP contribution in [-0.4, -0.2) is 20.7 Å². The minimum absolute atomic E-state index is 0.0644. The summed E-state index contributed by atoms with van der Waals surface area (Å²) in [5.41, 5.74) is 0.300. The number of anilines is 1. The molecule has 0 fully saturated rings. The Hall–Kier alpha value is -0.810. The molecule has 0 saturated carbocycles. The summed E-state index contributed by atoms with van der Waals surface area (Å²) in [6, 6.07) is 2.29. The van der Waals surface area contributed by atoms with Crippen LogP contribution in [0.5, 0.6) is 0 Å². The average Bonchev–Trinajstić information content (AvgIpc) is 2.29. The molecule has 1 N–H and O–H groups in total. The van der Waals surface area contributed by atoms with Gasteiger partial charge in [-0.15, -0.1) is 0 Å². The fraction of sp³-hybridized carbons (Fsp3) is 0.333. The summed E-state index contributed by atoms with van der Waals surface area (Å²) in [4.78, 5) is 0.0893. The zero-order valence-electron chi connectivity index (χ0n) is 7.76. The van der Waals surface area contributed by atoms with Crippen LogP contribution in [0.15, 0.2) is 17.0 Å². The van der Waals surface area contributed by atoms with Crippen LogP contribution >= 0.6 is 11.6 Å². The summed E-state index contributed by atoms with van der Waals surface area (Å²) in [6.07, 6.45) is 0.510. The molecule has 1 heterocycles. The molecule has 2 rings (SSSR count). The average molecular weight is 250 g/mol. The molecule has 0 bridgehead atoms. The van der Waals surface area contributed by atoms with Gasteiger partial charge in [0.1, 0.15) is 5.82 Å². The maximum Gasteiger partial charge on any atom is 0.180 e. The third kappa shape index (κ3) is 1.94. The lowest BCUT2D eigenvalue weighted by Crippen LogP contribution is -2.05. The van der Waals surface area contributed by atoms with Gasteiger partial charge >= 0.3 is 0 Å². The van der Waals surface area contributed by atoms with Crippen LogP contribution in [-0.2, 0) is 9.84 Å². The van der Waals surface area contributed by atoms with E-state index in [1.807, 2.05) is 0 Å². The van der Waals surface area contributed by atoms with Gasteiger partial charge in [0, 0.05) is 6.54 Å². The molecule has 0 unspecified atom stereocenters. The molecular weight excluding hydrogens is 241 g/mol. The highest BCUT2D eigenvalue weighted by atomic mass is 35.5. The Morgan fingerprint density at radius 2 is 2.13 bits per heavy atom. The lowest BCUT2D eigenvalue weighted by atomic mass is 10.3. The van der Waals surface area contributed by atoms with E-state index >= 15 is 0 Å². The molecule has 0 atom stereocenters. The molecule has 15 heavy (non-hydrogen) atoms. The molecule has 82 valence electrons. The zero-order valence-corrected chi connectivity index (χ0v) is 9.33. The van der Waals surface area contributed by atoms with Crippen molar-refractivity contribution in [2.45, 2.75) is 11.3 Å². The minimum Gasteiger partial charge on any atom is -0.384 e. The second-order valence-electron chi connectivity index (χ2n) is 3.36. The molecule has 1 aliphatic rings. The molecule has 0 aromatic heterocycles. The summed E-state index contributed by atoms with van der Waals surface area (Å²) in [5.74, 6) is -0.547. The third-order valence-corrected chi connectivity index (χ3v) is 4.39. The van der Waals surface area contributed by atoms with Crippen LogP contribution in [0.25, 0.3) is 0 Å². The first-order valence-corrected chi connectivity index (χ1v) is 6.49. The van der Waals surface area contributed by atoms with Crippen LogP contribution in [0.2, 0.25) is 5.02 Å². The molecule has 1 aromatic carbocycles. The summed E-state index contributed by atoms with van der Waals surface area (Å²) >= 11 is 5.56. The van der Waals surface area contributed by atoms with E-state index < -0.39 is 15.7 Å². The molecule has 0 saturated heterocycles. The molecule has 0 aliphatic carbocycles. The van der Waals surface area contributed by atoms with Gasteiger partial charge < -0.3 is 5.32 Å². The predicted molar refractivity (Wildman–Crippen MR) is 56.6 cm³/mol. The molecule has 3 nitrogen and oxygen atoms in total. The first-order chi connectivity index (χ1) is 7.00. The molecule has 1 aromatic rings. The van der Waals surface area contributed by atoms with E-state index in [9.17, 15) is 12.8 Å². The quantitative estimate of drug-likeness (QED) is 0.716. The Morgan fingerprint density at radius 1 is 1.40 bits per heavy atom. The number of benzene rings is 1. The van der Waals surface area contributed by atoms with Crippen LogP contribution < -0.4 is 5.32 Å². The Kier molecular flexibility index (Phi) is 2.60. The van der Waals surface area contributed by atoms with Gasteiger partial charge in [0.05, 0.1) is 21.4 Å². The Bertz CT molecular complexity index is 501. The van der Waals surface area contributed by atoms with E-state index in [0.29, 0.717) is 18.7 Å². The van der Waals surface area contributed by atoms with Crippen LogP contribution in [0.4, 0.5) is 10.1 Å². The van der Waals surface area contributed by atoms with Crippen LogP contribution in [0.1, 0.15) is 6.42 Å². The largest absolute Gasteiger partial charge is 0.384 e. The zero-order chi connectivity index (χ0) is 11.1. The maximum absolute atomic E-state index is 13.1. The molecule has 0 radical (unpaired) electrons. The standard InChI is InChI=1S/C9H9ClFNO2S/c10-6-4-9-8(5-7(6)11)12-2-1-3-15(9,13)14/h4-5,12H,1-3H2. The van der Waals surface area contributed by atoms with E-state index in [1.165, 1.54) is 6.07 Å². The molecular formula is C9H9ClFNO2S. The molecule has 1 aliphatic heterocycles. The third-order valence-electron chi connectivity index (χ3n) is 2.26. The Morgan fingerprint density at radius 3 is 2.87 bits per heavy atom. The monoisotopic (exact) mass is 249 g/mol. The van der Waals surface area contributed by atoms with Crippen LogP contribution in [0, 0.1) is 5.82 Å². The highest BCUT2D eigenvalue weighted by Crippen LogP contribution is 2.30. The van der Waals surface area contributed by atoms with Gasteiger partial charge in [0.25, 0.3) is 0 Å². The normalized spacial score (nSPS) is 18.8. The lowest BCUT2D eigenvalue weighted by molar-refractivity contribution is 0.595. The maximum atomic E-state index is 13.1. The van der Waals surface area contributed by atoms with Crippen LogP contribution in [0.3, 0.4) is 0 Å². The summed E-state index contributed by atoms with van der Waals surface area (Å²) in [7, 11) is -3.33. The van der Waals surface area contributed by atoms with Crippen molar-refractivity contribution >= 4 is 27.1 Å². The van der Waals surface area contributed by atoms with Gasteiger partial charge in [0.2, 0.25) is 0 Å². The fourth-order valence-corrected chi connectivity index (χ4v) is 3.26. The fourth-order valence-electron chi connectivity index (χ4n) is 1.52. The van der Waals surface area contributed by atoms with Crippen molar-refractivity contribution in [3.05, 3.63) is 23.0 Å². The topological polar surface area (TPSA) is 46.2 Å². The number of halogens is 2. The Balaban J connectivity index is 2.68. The van der Waals surface area contributed by atoms with Crippen molar-refractivity contribution in [1.29, 1.82) is 0 Å². The van der Waals surface area contributed by atoms with Gasteiger partial charge in [-0.25, -0.2) is 12.8 Å². The number of rotatable bonds is 0. The van der Waals surface area contributed by atoms with Crippen molar-refractivity contribution in [2.75, 3.05) is 17.6 Å². The van der Waals surface area contributed by atoms with Gasteiger partial charge in [-0.1, -0.05) is 11.6 Å². The second-order valence-corrected chi connectivity index (χ2v) is 5.85. The number of hydrogen-bond acceptors (Lipinski definition) is 3. The number of fused-ring (bicyclic) bond motifs is 1. The van der Waals surface area contributed by atoms with Gasteiger partial charge in [-0.3, -0.25) is 0 Å². The van der Waals surface area contributed by atoms with Gasteiger partial charge in [-0.2, -0.15) is 0 Å². The van der Waals surface area contributed by atoms with Crippen molar-refractivity contribution in [3.63, 3.8) is 0 Å². The molecule has 0 amide bonds. The highest BCUT2D eigenvalue weighted by molar-refractivity contribution is 7.91. The number of nitrogens with one attached hydrogen (secondary N) is 1. The Labute approximate surface area is 92.2 Å². The van der Waals surface area contributed by atoms with E-state index in [1.54, 1.807) is 0 Å². The van der Waals surface area contributed by atoms with Crippen molar-refractivity contribution in [3.8, 4) is 0 Å². The van der Waals surface area contributed by atoms with Crippen molar-refractivity contribution < 1.29 is 12.8 Å². The van der Waals surface area contributed by atoms with E-state index in [4.69, 9.17) is 11.6 Å². The first-order valence-electron chi connectivity index (χ1n) is 4.46. The van der Waals surface area contributed by atoms with E-state index in [0.717, 1.165) is 6.07 Å². The number of hydrogen-bond donors (Lipinski definition) is 1. The van der Waals surface area contributed by atoms with E-state index in [2.05, 4.69) is 5.32 Å². The molecule has 0 spiro atoms. The van der Waals surface area contributed by atoms with Crippen molar-refractivity contribution in [2.24, 2.45) is 0 Å². The SMILES string of the molecule is O=S1(=O)CCCNc2cc(F)c(Cl)cc21.